The number of aromatic nitrogens is 3. The van der Waals surface area contributed by atoms with E-state index < -0.39 is 0 Å². The lowest BCUT2D eigenvalue weighted by molar-refractivity contribution is 0.0941. The van der Waals surface area contributed by atoms with Gasteiger partial charge in [0.1, 0.15) is 6.33 Å². The molecule has 0 fully saturated rings. The number of amides is 1. The first kappa shape index (κ1) is 11.7. The molecular weight excluding hydrogens is 192 g/mol. The maximum atomic E-state index is 11.4. The lowest BCUT2D eigenvalue weighted by Crippen LogP contribution is -2.26. The number of carbonyl (C=O) groups is 1. The average Bonchev–Trinajstić information content (AvgIpc) is 2.63. The summed E-state index contributed by atoms with van der Waals surface area (Å²) in [7, 11) is 0. The summed E-state index contributed by atoms with van der Waals surface area (Å²) in [5.74, 6) is 0.0761. The van der Waals surface area contributed by atoms with E-state index in [1.807, 2.05) is 0 Å². The summed E-state index contributed by atoms with van der Waals surface area (Å²) >= 11 is 0. The molecule has 5 nitrogen and oxygen atoms in total. The first-order valence-corrected chi connectivity index (χ1v) is 5.12. The third-order valence-electron chi connectivity index (χ3n) is 2.02. The van der Waals surface area contributed by atoms with Crippen LogP contribution in [0.25, 0.3) is 0 Å². The van der Waals surface area contributed by atoms with E-state index in [1.165, 1.54) is 6.33 Å². The fourth-order valence-electron chi connectivity index (χ4n) is 1.22. The van der Waals surface area contributed by atoms with Gasteiger partial charge in [0.05, 0.1) is 0 Å². The highest BCUT2D eigenvalue weighted by molar-refractivity contribution is 5.90. The number of H-pyrrole nitrogens is 1. The van der Waals surface area contributed by atoms with Gasteiger partial charge in [-0.2, -0.15) is 5.10 Å². The molecule has 0 saturated carbocycles. The number of hydrogen-bond acceptors (Lipinski definition) is 3. The molecule has 0 atom stereocenters. The fraction of sp³-hybridized carbons (Fsp3) is 0.700. The molecule has 1 heterocycles. The number of carbonyl (C=O) groups excluding carboxylic acids is 1. The summed E-state index contributed by atoms with van der Waals surface area (Å²) in [6.07, 6.45) is 3.39. The molecule has 0 saturated heterocycles. The molecule has 0 aliphatic rings. The molecule has 0 bridgehead atoms. The van der Waals surface area contributed by atoms with Gasteiger partial charge in [0, 0.05) is 6.54 Å². The second-order valence-electron chi connectivity index (χ2n) is 4.75. The molecule has 1 amide bonds. The minimum atomic E-state index is -0.193. The Bertz CT molecular complexity index is 300. The van der Waals surface area contributed by atoms with Gasteiger partial charge in [0.15, 0.2) is 0 Å². The first-order chi connectivity index (χ1) is 6.99. The first-order valence-electron chi connectivity index (χ1n) is 5.12. The van der Waals surface area contributed by atoms with Crippen molar-refractivity contribution in [2.45, 2.75) is 33.6 Å². The molecule has 84 valence electrons. The van der Waals surface area contributed by atoms with Crippen LogP contribution in [0.3, 0.4) is 0 Å². The van der Waals surface area contributed by atoms with E-state index in [4.69, 9.17) is 0 Å². The van der Waals surface area contributed by atoms with Crippen molar-refractivity contribution < 1.29 is 4.79 Å². The Hall–Kier alpha value is -1.39. The van der Waals surface area contributed by atoms with Crippen LogP contribution in [0.2, 0.25) is 0 Å². The number of aromatic amines is 1. The highest BCUT2D eigenvalue weighted by Gasteiger charge is 2.11. The summed E-state index contributed by atoms with van der Waals surface area (Å²) in [4.78, 5) is 15.2. The van der Waals surface area contributed by atoms with Crippen LogP contribution < -0.4 is 5.32 Å². The Balaban J connectivity index is 2.19. The summed E-state index contributed by atoms with van der Waals surface area (Å²) in [6, 6.07) is 0. The van der Waals surface area contributed by atoms with Crippen molar-refractivity contribution in [1.82, 2.24) is 20.5 Å². The van der Waals surface area contributed by atoms with E-state index >= 15 is 0 Å². The minimum absolute atomic E-state index is 0.193. The molecule has 0 spiro atoms. The quantitative estimate of drug-likeness (QED) is 0.737. The van der Waals surface area contributed by atoms with E-state index in [-0.39, 0.29) is 11.7 Å². The molecule has 0 radical (unpaired) electrons. The van der Waals surface area contributed by atoms with Crippen LogP contribution in [0, 0.1) is 5.41 Å². The maximum Gasteiger partial charge on any atom is 0.288 e. The fourth-order valence-corrected chi connectivity index (χ4v) is 1.22. The highest BCUT2D eigenvalue weighted by Crippen LogP contribution is 2.19. The molecular formula is C10H18N4O. The number of rotatable bonds is 4. The van der Waals surface area contributed by atoms with Crippen LogP contribution in [-0.4, -0.2) is 27.6 Å². The zero-order valence-corrected chi connectivity index (χ0v) is 9.50. The van der Waals surface area contributed by atoms with Gasteiger partial charge < -0.3 is 5.32 Å². The smallest absolute Gasteiger partial charge is 0.288 e. The van der Waals surface area contributed by atoms with E-state index in [0.717, 1.165) is 12.8 Å². The van der Waals surface area contributed by atoms with Crippen molar-refractivity contribution in [3.8, 4) is 0 Å². The van der Waals surface area contributed by atoms with Gasteiger partial charge in [-0.05, 0) is 18.3 Å². The van der Waals surface area contributed by atoms with Crippen molar-refractivity contribution in [1.29, 1.82) is 0 Å². The summed E-state index contributed by atoms with van der Waals surface area (Å²) in [5.41, 5.74) is 0.316. The monoisotopic (exact) mass is 210 g/mol. The molecule has 0 aliphatic heterocycles. The molecule has 5 heteroatoms. The maximum absolute atomic E-state index is 11.4. The van der Waals surface area contributed by atoms with Crippen molar-refractivity contribution >= 4 is 5.91 Å². The summed E-state index contributed by atoms with van der Waals surface area (Å²) < 4.78 is 0. The van der Waals surface area contributed by atoms with Gasteiger partial charge in [0.25, 0.3) is 5.91 Å². The Morgan fingerprint density at radius 1 is 1.53 bits per heavy atom. The normalized spacial score (nSPS) is 11.4. The molecule has 0 unspecified atom stereocenters. The van der Waals surface area contributed by atoms with Crippen LogP contribution in [0.15, 0.2) is 6.33 Å². The van der Waals surface area contributed by atoms with E-state index in [1.54, 1.807) is 0 Å². The Morgan fingerprint density at radius 3 is 2.80 bits per heavy atom. The van der Waals surface area contributed by atoms with Crippen LogP contribution in [-0.2, 0) is 0 Å². The highest BCUT2D eigenvalue weighted by atomic mass is 16.2. The van der Waals surface area contributed by atoms with Crippen molar-refractivity contribution in [2.24, 2.45) is 5.41 Å². The van der Waals surface area contributed by atoms with Crippen molar-refractivity contribution in [3.05, 3.63) is 12.2 Å². The van der Waals surface area contributed by atoms with Crippen LogP contribution in [0.1, 0.15) is 44.2 Å². The molecule has 0 aliphatic carbocycles. The Labute approximate surface area is 89.7 Å². The van der Waals surface area contributed by atoms with Crippen LogP contribution >= 0.6 is 0 Å². The van der Waals surface area contributed by atoms with Gasteiger partial charge in [0.2, 0.25) is 5.82 Å². The van der Waals surface area contributed by atoms with Gasteiger partial charge >= 0.3 is 0 Å². The zero-order valence-electron chi connectivity index (χ0n) is 9.50. The van der Waals surface area contributed by atoms with E-state index in [2.05, 4.69) is 41.3 Å². The second kappa shape index (κ2) is 4.91. The second-order valence-corrected chi connectivity index (χ2v) is 4.75. The summed E-state index contributed by atoms with van der Waals surface area (Å²) in [5, 5.41) is 8.92. The predicted molar refractivity (Wildman–Crippen MR) is 57.4 cm³/mol. The largest absolute Gasteiger partial charge is 0.349 e. The van der Waals surface area contributed by atoms with Crippen molar-refractivity contribution in [3.63, 3.8) is 0 Å². The van der Waals surface area contributed by atoms with E-state index in [9.17, 15) is 4.79 Å². The Morgan fingerprint density at radius 2 is 2.27 bits per heavy atom. The number of hydrogen-bond donors (Lipinski definition) is 2. The molecule has 1 rings (SSSR count). The molecule has 0 aromatic carbocycles. The summed E-state index contributed by atoms with van der Waals surface area (Å²) in [6.45, 7) is 7.23. The molecule has 1 aromatic rings. The predicted octanol–water partition coefficient (Wildman–Crippen LogP) is 1.36. The average molecular weight is 210 g/mol. The van der Waals surface area contributed by atoms with Crippen LogP contribution in [0.4, 0.5) is 0 Å². The lowest BCUT2D eigenvalue weighted by atomic mass is 9.91. The molecule has 1 aromatic heterocycles. The van der Waals surface area contributed by atoms with Crippen LogP contribution in [0.5, 0.6) is 0 Å². The standard InChI is InChI=1S/C10H18N4O/c1-10(2,3)5-4-6-11-9(15)8-12-7-13-14-8/h7H,4-6H2,1-3H3,(H,11,15)(H,12,13,14). The number of nitrogens with one attached hydrogen (secondary N) is 2. The topological polar surface area (TPSA) is 70.7 Å². The minimum Gasteiger partial charge on any atom is -0.349 e. The molecule has 15 heavy (non-hydrogen) atoms. The molecule has 2 N–H and O–H groups in total. The third kappa shape index (κ3) is 4.58. The third-order valence-corrected chi connectivity index (χ3v) is 2.02. The lowest BCUT2D eigenvalue weighted by Gasteiger charge is -2.17. The SMILES string of the molecule is CC(C)(C)CCCNC(=O)c1ncn[nH]1. The van der Waals surface area contributed by atoms with Crippen molar-refractivity contribution in [2.75, 3.05) is 6.54 Å². The zero-order chi connectivity index (χ0) is 11.3. The van der Waals surface area contributed by atoms with Gasteiger partial charge in [-0.3, -0.25) is 9.89 Å². The Kier molecular flexibility index (Phi) is 3.82. The van der Waals surface area contributed by atoms with Gasteiger partial charge in [-0.1, -0.05) is 20.8 Å². The number of nitrogens with zero attached hydrogens (tertiary/aromatic N) is 2. The van der Waals surface area contributed by atoms with Gasteiger partial charge in [-0.25, -0.2) is 4.98 Å². The van der Waals surface area contributed by atoms with Gasteiger partial charge in [-0.15, -0.1) is 0 Å². The van der Waals surface area contributed by atoms with E-state index in [0.29, 0.717) is 12.0 Å².